The average molecular weight is 394 g/mol. The average Bonchev–Trinajstić information content (AvgIpc) is 3.09. The number of hydrogen-bond acceptors (Lipinski definition) is 3. The van der Waals surface area contributed by atoms with Gasteiger partial charge in [-0.2, -0.15) is 0 Å². The highest BCUT2D eigenvalue weighted by Gasteiger charge is 2.32. The van der Waals surface area contributed by atoms with Gasteiger partial charge in [0.1, 0.15) is 5.82 Å². The molecule has 3 N–H and O–H groups in total. The van der Waals surface area contributed by atoms with Gasteiger partial charge >= 0.3 is 0 Å². The number of carbonyl (C=O) groups is 1. The quantitative estimate of drug-likeness (QED) is 0.699. The maximum atomic E-state index is 13.8. The van der Waals surface area contributed by atoms with Crippen LogP contribution >= 0.6 is 0 Å². The van der Waals surface area contributed by atoms with E-state index in [1.807, 2.05) is 44.6 Å². The lowest BCUT2D eigenvalue weighted by Crippen LogP contribution is -2.50. The minimum atomic E-state index is -0.662. The number of aromatic amines is 1. The van der Waals surface area contributed by atoms with Crippen molar-refractivity contribution >= 4 is 22.5 Å². The van der Waals surface area contributed by atoms with Gasteiger partial charge in [0.2, 0.25) is 5.91 Å². The third kappa shape index (κ3) is 4.04. The molecule has 2 heterocycles. The summed E-state index contributed by atoms with van der Waals surface area (Å²) in [6.07, 6.45) is 3.13. The second-order valence-electron chi connectivity index (χ2n) is 8.22. The smallest absolute Gasteiger partial charge is 0.244 e. The summed E-state index contributed by atoms with van der Waals surface area (Å²) in [6, 6.07) is 12.0. The third-order valence-corrected chi connectivity index (χ3v) is 5.60. The number of fused-ring (bicyclic) bond motifs is 2. The van der Waals surface area contributed by atoms with Crippen molar-refractivity contribution in [2.24, 2.45) is 11.7 Å². The minimum absolute atomic E-state index is 0.119. The van der Waals surface area contributed by atoms with Crippen molar-refractivity contribution in [2.75, 3.05) is 32.1 Å². The largest absolute Gasteiger partial charge is 0.361 e. The Hall–Kier alpha value is -2.70. The van der Waals surface area contributed by atoms with Crippen LogP contribution in [0.2, 0.25) is 0 Å². The molecule has 0 aliphatic carbocycles. The van der Waals surface area contributed by atoms with Crippen LogP contribution < -0.4 is 10.6 Å². The van der Waals surface area contributed by atoms with Crippen LogP contribution in [0.1, 0.15) is 11.1 Å². The lowest BCUT2D eigenvalue weighted by Gasteiger charge is -2.37. The third-order valence-electron chi connectivity index (χ3n) is 5.60. The summed E-state index contributed by atoms with van der Waals surface area (Å²) in [6.45, 7) is 1.43. The number of halogens is 1. The molecule has 5 nitrogen and oxygen atoms in total. The highest BCUT2D eigenvalue weighted by atomic mass is 19.1. The Labute approximate surface area is 170 Å². The maximum Gasteiger partial charge on any atom is 0.244 e. The van der Waals surface area contributed by atoms with Crippen LogP contribution in [0.15, 0.2) is 48.7 Å². The van der Waals surface area contributed by atoms with Crippen molar-refractivity contribution in [1.82, 2.24) is 9.88 Å². The fraction of sp³-hybridized carbons (Fsp3) is 0.348. The van der Waals surface area contributed by atoms with Gasteiger partial charge < -0.3 is 20.5 Å². The van der Waals surface area contributed by atoms with Crippen LogP contribution in [0.4, 0.5) is 10.1 Å². The number of amides is 1. The van der Waals surface area contributed by atoms with E-state index in [2.05, 4.69) is 9.88 Å². The molecule has 1 aliphatic rings. The number of para-hydroxylation sites is 1. The summed E-state index contributed by atoms with van der Waals surface area (Å²) < 4.78 is 13.8. The predicted octanol–water partition coefficient (Wildman–Crippen LogP) is 2.94. The first-order valence-corrected chi connectivity index (χ1v) is 9.97. The molecule has 4 rings (SSSR count). The van der Waals surface area contributed by atoms with Crippen LogP contribution in [0.3, 0.4) is 0 Å². The molecule has 1 amide bonds. The van der Waals surface area contributed by atoms with E-state index in [1.165, 1.54) is 6.07 Å². The van der Waals surface area contributed by atoms with Gasteiger partial charge in [0, 0.05) is 35.9 Å². The van der Waals surface area contributed by atoms with E-state index in [0.29, 0.717) is 13.0 Å². The molecule has 2 aromatic carbocycles. The van der Waals surface area contributed by atoms with Gasteiger partial charge in [-0.3, -0.25) is 4.79 Å². The monoisotopic (exact) mass is 394 g/mol. The van der Waals surface area contributed by atoms with Crippen molar-refractivity contribution in [1.29, 1.82) is 0 Å². The van der Waals surface area contributed by atoms with E-state index >= 15 is 0 Å². The van der Waals surface area contributed by atoms with E-state index < -0.39 is 6.04 Å². The van der Waals surface area contributed by atoms with Gasteiger partial charge in [-0.05, 0) is 68.2 Å². The summed E-state index contributed by atoms with van der Waals surface area (Å²) in [4.78, 5) is 20.4. The first kappa shape index (κ1) is 19.6. The first-order valence-electron chi connectivity index (χ1n) is 9.97. The number of benzene rings is 2. The van der Waals surface area contributed by atoms with Crippen LogP contribution in [0, 0.1) is 11.7 Å². The van der Waals surface area contributed by atoms with Crippen LogP contribution in [-0.2, 0) is 17.6 Å². The van der Waals surface area contributed by atoms with Crippen LogP contribution in [-0.4, -0.2) is 49.0 Å². The molecule has 0 bridgehead atoms. The van der Waals surface area contributed by atoms with E-state index in [4.69, 9.17) is 5.73 Å². The minimum Gasteiger partial charge on any atom is -0.361 e. The molecule has 1 aliphatic heterocycles. The summed E-state index contributed by atoms with van der Waals surface area (Å²) in [5.41, 5.74) is 10.1. The SMILES string of the molecule is CN(C)CC1Cc2cc(F)ccc2N(C(=O)[C@H](N)Cc2c[nH]c3ccccc23)C1. The molecule has 1 aromatic heterocycles. The van der Waals surface area contributed by atoms with Gasteiger partial charge in [0.25, 0.3) is 0 Å². The zero-order valence-corrected chi connectivity index (χ0v) is 16.9. The number of anilines is 1. The second-order valence-corrected chi connectivity index (χ2v) is 8.22. The van der Waals surface area contributed by atoms with Gasteiger partial charge in [-0.15, -0.1) is 0 Å². The fourth-order valence-electron chi connectivity index (χ4n) is 4.39. The topological polar surface area (TPSA) is 65.4 Å². The molecule has 152 valence electrons. The molecule has 1 unspecified atom stereocenters. The number of hydrogen-bond donors (Lipinski definition) is 2. The van der Waals surface area contributed by atoms with Crippen LogP contribution in [0.25, 0.3) is 10.9 Å². The fourth-order valence-corrected chi connectivity index (χ4v) is 4.39. The Balaban J connectivity index is 1.59. The number of aromatic nitrogens is 1. The number of carbonyl (C=O) groups excluding carboxylic acids is 1. The van der Waals surface area contributed by atoms with Crippen molar-refractivity contribution in [2.45, 2.75) is 18.9 Å². The summed E-state index contributed by atoms with van der Waals surface area (Å²) >= 11 is 0. The zero-order valence-electron chi connectivity index (χ0n) is 16.9. The number of rotatable bonds is 5. The van der Waals surface area contributed by atoms with Gasteiger partial charge in [0.15, 0.2) is 0 Å². The number of nitrogens with zero attached hydrogens (tertiary/aromatic N) is 2. The molecular formula is C23H27FN4O. The Morgan fingerprint density at radius 2 is 2.10 bits per heavy atom. The maximum absolute atomic E-state index is 13.8. The summed E-state index contributed by atoms with van der Waals surface area (Å²) in [5, 5.41) is 1.09. The first-order chi connectivity index (χ1) is 13.9. The lowest BCUT2D eigenvalue weighted by molar-refractivity contribution is -0.120. The van der Waals surface area contributed by atoms with E-state index in [9.17, 15) is 9.18 Å². The predicted molar refractivity (Wildman–Crippen MR) is 114 cm³/mol. The molecule has 6 heteroatoms. The van der Waals surface area contributed by atoms with Gasteiger partial charge in [-0.1, -0.05) is 18.2 Å². The van der Waals surface area contributed by atoms with Crippen LogP contribution in [0.5, 0.6) is 0 Å². The molecule has 3 aromatic rings. The van der Waals surface area contributed by atoms with E-state index in [0.717, 1.165) is 40.7 Å². The highest BCUT2D eigenvalue weighted by molar-refractivity contribution is 5.98. The van der Waals surface area contributed by atoms with Gasteiger partial charge in [0.05, 0.1) is 6.04 Å². The summed E-state index contributed by atoms with van der Waals surface area (Å²) in [7, 11) is 4.02. The second kappa shape index (κ2) is 7.97. The number of nitrogens with one attached hydrogen (secondary N) is 1. The standard InChI is InChI=1S/C23H27FN4O/c1-27(2)13-15-9-16-10-18(24)7-8-22(16)28(14-15)23(29)20(25)11-17-12-26-21-6-4-3-5-19(17)21/h3-8,10,12,15,20,26H,9,11,13-14,25H2,1-2H3/t15?,20-/m1/s1. The number of nitrogens with two attached hydrogens (primary N) is 1. The van der Waals surface area contributed by atoms with Gasteiger partial charge in [-0.25, -0.2) is 4.39 Å². The van der Waals surface area contributed by atoms with Crippen molar-refractivity contribution in [3.8, 4) is 0 Å². The van der Waals surface area contributed by atoms with Crippen molar-refractivity contribution in [3.63, 3.8) is 0 Å². The van der Waals surface area contributed by atoms with Crippen molar-refractivity contribution in [3.05, 3.63) is 65.6 Å². The van der Waals surface area contributed by atoms with Crippen molar-refractivity contribution < 1.29 is 9.18 Å². The Kier molecular flexibility index (Phi) is 5.39. The van der Waals surface area contributed by atoms with E-state index in [1.54, 1.807) is 17.0 Å². The Morgan fingerprint density at radius 3 is 2.90 bits per heavy atom. The molecular weight excluding hydrogens is 367 g/mol. The Morgan fingerprint density at radius 1 is 1.31 bits per heavy atom. The Bertz CT molecular complexity index is 1030. The highest BCUT2D eigenvalue weighted by Crippen LogP contribution is 2.31. The molecule has 2 atom stereocenters. The normalized spacial score (nSPS) is 17.6. The number of H-pyrrole nitrogens is 1. The molecule has 0 radical (unpaired) electrons. The zero-order chi connectivity index (χ0) is 20.5. The molecule has 0 saturated heterocycles. The molecule has 29 heavy (non-hydrogen) atoms. The summed E-state index contributed by atoms with van der Waals surface area (Å²) in [5.74, 6) is -0.153. The van der Waals surface area contributed by atoms with E-state index in [-0.39, 0.29) is 17.6 Å². The molecule has 0 fully saturated rings. The lowest BCUT2D eigenvalue weighted by atomic mass is 9.91. The molecule has 0 spiro atoms. The molecule has 0 saturated carbocycles.